The molecule has 0 aliphatic carbocycles. The molecule has 0 saturated carbocycles. The predicted octanol–water partition coefficient (Wildman–Crippen LogP) is 4.56. The molecule has 2 aliphatic rings. The molecule has 2 aliphatic heterocycles. The van der Waals surface area contributed by atoms with Crippen LogP contribution in [0.2, 0.25) is 0 Å². The Balaban J connectivity index is 1.64. The number of nitrogens with zero attached hydrogens (tertiary/aromatic N) is 1. The van der Waals surface area contributed by atoms with Gasteiger partial charge < -0.3 is 10.2 Å². The standard InChI is InChI=1S/C20H24N2OS2/c1-25(23)16-9-10-18-20(14-16)24-19-8-3-2-7-17(19)22(18)13-11-15-6-4-5-12-21-15/h2-3,7-10,14-15,21H,4-6,11-13H2,1H3. The lowest BCUT2D eigenvalue weighted by Gasteiger charge is -2.34. The molecule has 0 bridgehead atoms. The Bertz CT molecular complexity index is 787. The summed E-state index contributed by atoms with van der Waals surface area (Å²) in [6.07, 6.45) is 6.83. The van der Waals surface area contributed by atoms with Crippen molar-refractivity contribution < 1.29 is 4.21 Å². The van der Waals surface area contributed by atoms with Crippen LogP contribution in [0.4, 0.5) is 11.4 Å². The molecule has 2 heterocycles. The van der Waals surface area contributed by atoms with E-state index in [4.69, 9.17) is 0 Å². The van der Waals surface area contributed by atoms with Crippen molar-refractivity contribution in [2.75, 3.05) is 24.2 Å². The van der Waals surface area contributed by atoms with Crippen LogP contribution < -0.4 is 10.2 Å². The maximum Gasteiger partial charge on any atom is 0.0553 e. The van der Waals surface area contributed by atoms with Gasteiger partial charge in [-0.15, -0.1) is 0 Å². The minimum atomic E-state index is -0.945. The Morgan fingerprint density at radius 1 is 1.16 bits per heavy atom. The van der Waals surface area contributed by atoms with Gasteiger partial charge in [-0.1, -0.05) is 30.3 Å². The summed E-state index contributed by atoms with van der Waals surface area (Å²) in [7, 11) is -0.945. The van der Waals surface area contributed by atoms with Crippen molar-refractivity contribution in [3.8, 4) is 0 Å². The van der Waals surface area contributed by atoms with Crippen molar-refractivity contribution in [1.29, 1.82) is 0 Å². The lowest BCUT2D eigenvalue weighted by Crippen LogP contribution is -2.37. The van der Waals surface area contributed by atoms with Gasteiger partial charge in [0.25, 0.3) is 0 Å². The van der Waals surface area contributed by atoms with Gasteiger partial charge in [0.2, 0.25) is 0 Å². The summed E-state index contributed by atoms with van der Waals surface area (Å²) < 4.78 is 11.9. The van der Waals surface area contributed by atoms with Gasteiger partial charge in [0.1, 0.15) is 0 Å². The highest BCUT2D eigenvalue weighted by Crippen LogP contribution is 2.48. The molecule has 1 saturated heterocycles. The monoisotopic (exact) mass is 372 g/mol. The highest BCUT2D eigenvalue weighted by atomic mass is 32.2. The zero-order valence-corrected chi connectivity index (χ0v) is 16.2. The summed E-state index contributed by atoms with van der Waals surface area (Å²) in [4.78, 5) is 5.84. The predicted molar refractivity (Wildman–Crippen MR) is 107 cm³/mol. The molecule has 0 aromatic heterocycles. The SMILES string of the molecule is CS(=O)c1ccc2c(c1)Sc1ccccc1N2CCC1CCCCN1. The maximum atomic E-state index is 11.9. The van der Waals surface area contributed by atoms with Crippen LogP contribution in [0, 0.1) is 0 Å². The van der Waals surface area contributed by atoms with Gasteiger partial charge in [-0.25, -0.2) is 0 Å². The van der Waals surface area contributed by atoms with Crippen LogP contribution in [0.15, 0.2) is 57.2 Å². The molecule has 0 radical (unpaired) electrons. The summed E-state index contributed by atoms with van der Waals surface area (Å²) in [5.41, 5.74) is 2.54. The summed E-state index contributed by atoms with van der Waals surface area (Å²) >= 11 is 1.79. The lowest BCUT2D eigenvalue weighted by atomic mass is 10.0. The van der Waals surface area contributed by atoms with Crippen molar-refractivity contribution in [3.63, 3.8) is 0 Å². The average Bonchev–Trinajstić information content (AvgIpc) is 2.65. The van der Waals surface area contributed by atoms with E-state index in [2.05, 4.69) is 46.6 Å². The van der Waals surface area contributed by atoms with Crippen molar-refractivity contribution in [2.45, 2.75) is 46.4 Å². The molecule has 1 fully saturated rings. The second-order valence-electron chi connectivity index (χ2n) is 6.74. The number of hydrogen-bond acceptors (Lipinski definition) is 4. The van der Waals surface area contributed by atoms with E-state index >= 15 is 0 Å². The van der Waals surface area contributed by atoms with Gasteiger partial charge in [-0.2, -0.15) is 0 Å². The highest BCUT2D eigenvalue weighted by molar-refractivity contribution is 7.99. The summed E-state index contributed by atoms with van der Waals surface area (Å²) in [6, 6.07) is 15.5. The molecule has 2 atom stereocenters. The Hall–Kier alpha value is -1.30. The fourth-order valence-electron chi connectivity index (χ4n) is 3.69. The van der Waals surface area contributed by atoms with Gasteiger partial charge in [0.15, 0.2) is 0 Å². The van der Waals surface area contributed by atoms with Gasteiger partial charge in [-0.3, -0.25) is 4.21 Å². The molecule has 25 heavy (non-hydrogen) atoms. The van der Waals surface area contributed by atoms with E-state index in [1.165, 1.54) is 40.4 Å². The van der Waals surface area contributed by atoms with Crippen LogP contribution in [0.25, 0.3) is 0 Å². The van der Waals surface area contributed by atoms with E-state index < -0.39 is 10.8 Å². The quantitative estimate of drug-likeness (QED) is 0.853. The molecular weight excluding hydrogens is 348 g/mol. The first-order chi connectivity index (χ1) is 12.2. The van der Waals surface area contributed by atoms with Crippen molar-refractivity contribution in [3.05, 3.63) is 42.5 Å². The second kappa shape index (κ2) is 7.52. The molecule has 0 amide bonds. The second-order valence-corrected chi connectivity index (χ2v) is 9.20. The summed E-state index contributed by atoms with van der Waals surface area (Å²) in [5.74, 6) is 0. The zero-order chi connectivity index (χ0) is 17.2. The molecule has 1 N–H and O–H groups in total. The molecule has 0 spiro atoms. The number of nitrogens with one attached hydrogen (secondary N) is 1. The fraction of sp³-hybridized carbons (Fsp3) is 0.400. The van der Waals surface area contributed by atoms with E-state index in [1.54, 1.807) is 18.0 Å². The first-order valence-corrected chi connectivity index (χ1v) is 11.3. The number of rotatable bonds is 4. The highest BCUT2D eigenvalue weighted by Gasteiger charge is 2.24. The van der Waals surface area contributed by atoms with E-state index in [0.29, 0.717) is 6.04 Å². The van der Waals surface area contributed by atoms with Gasteiger partial charge in [-0.05, 0) is 56.1 Å². The number of hydrogen-bond donors (Lipinski definition) is 1. The molecule has 3 nitrogen and oxygen atoms in total. The van der Waals surface area contributed by atoms with E-state index in [-0.39, 0.29) is 0 Å². The average molecular weight is 373 g/mol. The molecular formula is C20H24N2OS2. The van der Waals surface area contributed by atoms with Crippen LogP contribution in [0.5, 0.6) is 0 Å². The third-order valence-corrected chi connectivity index (χ3v) is 7.07. The minimum Gasteiger partial charge on any atom is -0.340 e. The Morgan fingerprint density at radius 3 is 2.80 bits per heavy atom. The van der Waals surface area contributed by atoms with Crippen LogP contribution in [0.1, 0.15) is 25.7 Å². The van der Waals surface area contributed by atoms with Gasteiger partial charge >= 0.3 is 0 Å². The Kier molecular flexibility index (Phi) is 5.15. The molecule has 2 aromatic carbocycles. The largest absolute Gasteiger partial charge is 0.340 e. The first kappa shape index (κ1) is 17.1. The van der Waals surface area contributed by atoms with E-state index in [1.807, 2.05) is 6.07 Å². The smallest absolute Gasteiger partial charge is 0.0553 e. The number of fused-ring (bicyclic) bond motifs is 2. The molecule has 132 valence electrons. The normalized spacial score (nSPS) is 20.7. The van der Waals surface area contributed by atoms with Crippen molar-refractivity contribution in [2.24, 2.45) is 0 Å². The minimum absolute atomic E-state index is 0.626. The number of anilines is 2. The molecule has 4 rings (SSSR count). The lowest BCUT2D eigenvalue weighted by molar-refractivity contribution is 0.385. The maximum absolute atomic E-state index is 11.9. The van der Waals surface area contributed by atoms with Crippen molar-refractivity contribution >= 4 is 33.9 Å². The molecule has 2 aromatic rings. The topological polar surface area (TPSA) is 32.3 Å². The van der Waals surface area contributed by atoms with Crippen LogP contribution in [0.3, 0.4) is 0 Å². The summed E-state index contributed by atoms with van der Waals surface area (Å²) in [6.45, 7) is 2.16. The van der Waals surface area contributed by atoms with Crippen LogP contribution in [-0.2, 0) is 10.8 Å². The first-order valence-electron chi connectivity index (χ1n) is 8.97. The summed E-state index contributed by atoms with van der Waals surface area (Å²) in [5, 5.41) is 3.66. The number of benzene rings is 2. The Labute approximate surface area is 156 Å². The van der Waals surface area contributed by atoms with E-state index in [9.17, 15) is 4.21 Å². The fourth-order valence-corrected chi connectivity index (χ4v) is 5.44. The van der Waals surface area contributed by atoms with Crippen molar-refractivity contribution in [1.82, 2.24) is 5.32 Å². The third kappa shape index (κ3) is 3.64. The van der Waals surface area contributed by atoms with E-state index in [0.717, 1.165) is 24.4 Å². The molecule has 5 heteroatoms. The number of piperidine rings is 1. The van der Waals surface area contributed by atoms with Gasteiger partial charge in [0, 0.05) is 44.3 Å². The van der Waals surface area contributed by atoms with Crippen LogP contribution >= 0.6 is 11.8 Å². The number of para-hydroxylation sites is 1. The third-order valence-electron chi connectivity index (χ3n) is 5.04. The van der Waals surface area contributed by atoms with Crippen LogP contribution in [-0.4, -0.2) is 29.6 Å². The van der Waals surface area contributed by atoms with Gasteiger partial charge in [0.05, 0.1) is 11.4 Å². The Morgan fingerprint density at radius 2 is 2.00 bits per heavy atom. The zero-order valence-electron chi connectivity index (χ0n) is 14.5. The molecule has 2 unspecified atom stereocenters.